The number of anilines is 2. The number of urea groups is 1. The van der Waals surface area contributed by atoms with Crippen LogP contribution in [0.1, 0.15) is 16.8 Å². The first kappa shape index (κ1) is 25.9. The molecule has 2 N–H and O–H groups in total. The first-order valence-electron chi connectivity index (χ1n) is 13.8. The minimum atomic E-state index is -0.500. The van der Waals surface area contributed by atoms with Gasteiger partial charge in [-0.25, -0.2) is 24.2 Å². The smallest absolute Gasteiger partial charge is 0.329 e. The zero-order valence-corrected chi connectivity index (χ0v) is 22.8. The largest absolute Gasteiger partial charge is 0.459 e. The molecule has 0 radical (unpaired) electrons. The fourth-order valence-electron chi connectivity index (χ4n) is 5.61. The summed E-state index contributed by atoms with van der Waals surface area (Å²) in [5.74, 6) is 0.757. The molecule has 3 amide bonds. The van der Waals surface area contributed by atoms with Crippen LogP contribution in [0, 0.1) is 0 Å². The molecule has 42 heavy (non-hydrogen) atoms. The zero-order valence-electron chi connectivity index (χ0n) is 22.8. The number of rotatable bonds is 5. The number of fused-ring (bicyclic) bond motifs is 3. The molecule has 0 unspecified atom stereocenters. The second-order valence-electron chi connectivity index (χ2n) is 10.4. The average Bonchev–Trinajstić information content (AvgIpc) is 3.75. The highest BCUT2D eigenvalue weighted by molar-refractivity contribution is 5.98. The molecule has 7 rings (SSSR count). The number of aromatic nitrogens is 4. The third kappa shape index (κ3) is 4.57. The molecule has 5 heterocycles. The second kappa shape index (κ2) is 10.4. The Morgan fingerprint density at radius 2 is 1.76 bits per heavy atom. The number of esters is 1. The maximum absolute atomic E-state index is 13.1. The van der Waals surface area contributed by atoms with Crippen LogP contribution in [0.2, 0.25) is 0 Å². The summed E-state index contributed by atoms with van der Waals surface area (Å²) < 4.78 is 12.5. The van der Waals surface area contributed by atoms with Crippen LogP contribution in [0.15, 0.2) is 54.7 Å². The molecule has 13 heteroatoms. The van der Waals surface area contributed by atoms with Crippen molar-refractivity contribution in [1.29, 1.82) is 0 Å². The molecule has 3 fully saturated rings. The standard InChI is InChI=1S/C29H28N8O5/c1-30-29(40)32-19-6-2-17(3-7-19)24-33-25(35-10-12-41-13-11-35)22-15-31-37(26(22)34-24)20-8-4-18(5-9-20)27(38)36-16-21-14-23(36)28(39)42-21/h2-9,15,21,23H,10-14,16H2,1H3,(H2,30,32,40)/t21-,23-/m0/s1. The SMILES string of the molecule is CNC(=O)Nc1ccc(-c2nc(N3CCOCC3)c3cnn(-c4ccc(C(=O)N5C[C@@H]6C[C@H]5C(=O)O6)cc4)c3n2)cc1. The van der Waals surface area contributed by atoms with Crippen LogP contribution in [0.25, 0.3) is 28.1 Å². The summed E-state index contributed by atoms with van der Waals surface area (Å²) >= 11 is 0. The summed E-state index contributed by atoms with van der Waals surface area (Å²) in [5, 5.41) is 10.7. The third-order valence-corrected chi connectivity index (χ3v) is 7.78. The predicted molar refractivity (Wildman–Crippen MR) is 153 cm³/mol. The fourth-order valence-corrected chi connectivity index (χ4v) is 5.61. The van der Waals surface area contributed by atoms with E-state index in [4.69, 9.17) is 19.4 Å². The first-order valence-corrected chi connectivity index (χ1v) is 13.8. The average molecular weight is 569 g/mol. The van der Waals surface area contributed by atoms with E-state index in [0.29, 0.717) is 62.0 Å². The Hall–Kier alpha value is -5.04. The van der Waals surface area contributed by atoms with Crippen LogP contribution in [0.5, 0.6) is 0 Å². The van der Waals surface area contributed by atoms with Gasteiger partial charge < -0.3 is 29.9 Å². The molecule has 214 valence electrons. The van der Waals surface area contributed by atoms with Crippen LogP contribution in [0.3, 0.4) is 0 Å². The summed E-state index contributed by atoms with van der Waals surface area (Å²) in [7, 11) is 1.56. The van der Waals surface area contributed by atoms with Gasteiger partial charge in [0, 0.05) is 43.4 Å². The fraction of sp³-hybridized carbons (Fsp3) is 0.310. The number of hydrogen-bond donors (Lipinski definition) is 2. The predicted octanol–water partition coefficient (Wildman–Crippen LogP) is 2.21. The topological polar surface area (TPSA) is 144 Å². The number of morpholine rings is 2. The number of nitrogens with zero attached hydrogens (tertiary/aromatic N) is 6. The number of ether oxygens (including phenoxy) is 2. The molecule has 2 aromatic carbocycles. The summed E-state index contributed by atoms with van der Waals surface area (Å²) in [6.07, 6.45) is 2.10. The van der Waals surface area contributed by atoms with E-state index in [1.165, 1.54) is 0 Å². The molecular weight excluding hydrogens is 540 g/mol. The second-order valence-corrected chi connectivity index (χ2v) is 10.4. The van der Waals surface area contributed by atoms with Crippen LogP contribution in [0.4, 0.5) is 16.3 Å². The van der Waals surface area contributed by atoms with Gasteiger partial charge in [-0.2, -0.15) is 5.10 Å². The van der Waals surface area contributed by atoms with Crippen molar-refractivity contribution in [3.63, 3.8) is 0 Å². The maximum atomic E-state index is 13.1. The molecule has 13 nitrogen and oxygen atoms in total. The highest BCUT2D eigenvalue weighted by atomic mass is 16.6. The summed E-state index contributed by atoms with van der Waals surface area (Å²) in [6, 6.07) is 13.6. The van der Waals surface area contributed by atoms with E-state index in [2.05, 4.69) is 20.6 Å². The number of nitrogens with one attached hydrogen (secondary N) is 2. The van der Waals surface area contributed by atoms with Crippen LogP contribution in [-0.4, -0.2) is 94.6 Å². The lowest BCUT2D eigenvalue weighted by Crippen LogP contribution is -2.44. The van der Waals surface area contributed by atoms with E-state index >= 15 is 0 Å². The Kier molecular flexibility index (Phi) is 6.42. The van der Waals surface area contributed by atoms with E-state index in [1.54, 1.807) is 47.1 Å². The van der Waals surface area contributed by atoms with Crippen molar-refractivity contribution in [3.05, 3.63) is 60.3 Å². The van der Waals surface area contributed by atoms with Gasteiger partial charge >= 0.3 is 12.0 Å². The van der Waals surface area contributed by atoms with Gasteiger partial charge in [-0.1, -0.05) is 0 Å². The van der Waals surface area contributed by atoms with Crippen molar-refractivity contribution < 1.29 is 23.9 Å². The highest BCUT2D eigenvalue weighted by Crippen LogP contribution is 2.32. The summed E-state index contributed by atoms with van der Waals surface area (Å²) in [6.45, 7) is 3.00. The summed E-state index contributed by atoms with van der Waals surface area (Å²) in [4.78, 5) is 50.4. The molecule has 3 aliphatic heterocycles. The number of amides is 3. The lowest BCUT2D eigenvalue weighted by molar-refractivity contribution is -0.149. The van der Waals surface area contributed by atoms with Gasteiger partial charge in [-0.05, 0) is 48.5 Å². The quantitative estimate of drug-likeness (QED) is 0.346. The van der Waals surface area contributed by atoms with Crippen LogP contribution >= 0.6 is 0 Å². The Labute approximate surface area is 240 Å². The molecule has 2 aromatic heterocycles. The number of carbonyl (C=O) groups excluding carboxylic acids is 3. The van der Waals surface area contributed by atoms with E-state index in [9.17, 15) is 14.4 Å². The van der Waals surface area contributed by atoms with Crippen molar-refractivity contribution in [2.75, 3.05) is 50.1 Å². The molecule has 0 aliphatic carbocycles. The lowest BCUT2D eigenvalue weighted by atomic mass is 10.1. The van der Waals surface area contributed by atoms with Crippen LogP contribution in [-0.2, 0) is 14.3 Å². The van der Waals surface area contributed by atoms with E-state index < -0.39 is 6.04 Å². The number of carbonyl (C=O) groups is 3. The Balaban J connectivity index is 1.23. The molecule has 0 spiro atoms. The van der Waals surface area contributed by atoms with Crippen molar-refractivity contribution in [2.24, 2.45) is 0 Å². The highest BCUT2D eigenvalue weighted by Gasteiger charge is 2.48. The normalized spacial score (nSPS) is 19.7. The molecule has 2 atom stereocenters. The number of benzene rings is 2. The van der Waals surface area contributed by atoms with Gasteiger partial charge in [-0.15, -0.1) is 0 Å². The van der Waals surface area contributed by atoms with E-state index in [-0.39, 0.29) is 24.0 Å². The minimum absolute atomic E-state index is 0.190. The van der Waals surface area contributed by atoms with Crippen molar-refractivity contribution in [3.8, 4) is 17.1 Å². The van der Waals surface area contributed by atoms with Crippen LogP contribution < -0.4 is 15.5 Å². The Bertz CT molecular complexity index is 1680. The van der Waals surface area contributed by atoms with Gasteiger partial charge in [-0.3, -0.25) is 4.79 Å². The Morgan fingerprint density at radius 1 is 1.00 bits per heavy atom. The third-order valence-electron chi connectivity index (χ3n) is 7.78. The van der Waals surface area contributed by atoms with Crippen molar-refractivity contribution >= 4 is 40.4 Å². The van der Waals surface area contributed by atoms with Crippen molar-refractivity contribution in [2.45, 2.75) is 18.6 Å². The maximum Gasteiger partial charge on any atom is 0.329 e. The van der Waals surface area contributed by atoms with Gasteiger partial charge in [0.05, 0.1) is 37.0 Å². The van der Waals surface area contributed by atoms with Gasteiger partial charge in [0.25, 0.3) is 5.91 Å². The van der Waals surface area contributed by atoms with Crippen molar-refractivity contribution in [1.82, 2.24) is 30.0 Å². The first-order chi connectivity index (χ1) is 20.5. The zero-order chi connectivity index (χ0) is 28.8. The number of likely N-dealkylation sites (tertiary alicyclic amines) is 1. The summed E-state index contributed by atoms with van der Waals surface area (Å²) in [5.41, 5.74) is 3.26. The molecule has 3 saturated heterocycles. The van der Waals surface area contributed by atoms with E-state index in [0.717, 1.165) is 22.5 Å². The monoisotopic (exact) mass is 568 g/mol. The molecule has 4 aromatic rings. The van der Waals surface area contributed by atoms with E-state index in [1.807, 2.05) is 24.3 Å². The Morgan fingerprint density at radius 3 is 2.45 bits per heavy atom. The van der Waals surface area contributed by atoms with Gasteiger partial charge in [0.1, 0.15) is 18.0 Å². The lowest BCUT2D eigenvalue weighted by Gasteiger charge is -2.28. The molecule has 2 bridgehead atoms. The molecule has 0 saturated carbocycles. The van der Waals surface area contributed by atoms with Gasteiger partial charge in [0.15, 0.2) is 11.5 Å². The molecular formula is C29H28N8O5. The minimum Gasteiger partial charge on any atom is -0.459 e. The number of hydrogen-bond acceptors (Lipinski definition) is 9. The van der Waals surface area contributed by atoms with Gasteiger partial charge in [0.2, 0.25) is 0 Å². The molecule has 3 aliphatic rings.